The minimum absolute atomic E-state index is 0.00327. The molecule has 10 heteroatoms. The van der Waals surface area contributed by atoms with E-state index in [0.717, 1.165) is 27.0 Å². The molecule has 2 aromatic heterocycles. The van der Waals surface area contributed by atoms with Crippen LogP contribution in [-0.2, 0) is 13.0 Å². The zero-order chi connectivity index (χ0) is 25.2. The number of Topliss-reactive ketones (excluding diaryl/α,β-unsaturated/α-hetero) is 1. The van der Waals surface area contributed by atoms with Crippen molar-refractivity contribution in [2.24, 2.45) is 0 Å². The van der Waals surface area contributed by atoms with Crippen molar-refractivity contribution in [3.8, 4) is 16.2 Å². The molecule has 0 radical (unpaired) electrons. The Hall–Kier alpha value is -4.05. The third-order valence-electron chi connectivity index (χ3n) is 6.07. The lowest BCUT2D eigenvalue weighted by atomic mass is 9.98. The second-order valence-corrected chi connectivity index (χ2v) is 9.42. The molecule has 0 saturated heterocycles. The highest BCUT2D eigenvalue weighted by Crippen LogP contribution is 2.34. The molecule has 1 amide bonds. The van der Waals surface area contributed by atoms with E-state index in [4.69, 9.17) is 4.74 Å². The van der Waals surface area contributed by atoms with Crippen molar-refractivity contribution < 1.29 is 18.7 Å². The number of aromatic amines is 1. The Balaban J connectivity index is 1.41. The zero-order valence-electron chi connectivity index (χ0n) is 19.8. The van der Waals surface area contributed by atoms with E-state index in [9.17, 15) is 14.0 Å². The summed E-state index contributed by atoms with van der Waals surface area (Å²) in [5, 5.41) is 10.7. The van der Waals surface area contributed by atoms with Crippen molar-refractivity contribution in [3.63, 3.8) is 0 Å². The summed E-state index contributed by atoms with van der Waals surface area (Å²) in [4.78, 5) is 32.3. The lowest BCUT2D eigenvalue weighted by molar-refractivity contribution is 0.0731. The number of thiazole rings is 1. The quantitative estimate of drug-likeness (QED) is 0.349. The maximum atomic E-state index is 15.0. The standard InChI is InChI=1S/C26H24FN5O3S/c1-3-18-20(6-5-19(15(2)33)24(18)27)25(34)32-10-11-35-21-7-4-16(12-17(21)14-32)22-13-28-26(36-22)30-23-8-9-29-31-23/h4-9,12-13H,3,10-11,14H2,1-2H3,(H2,28,29,30,31). The summed E-state index contributed by atoms with van der Waals surface area (Å²) in [5.41, 5.74) is 2.34. The number of fused-ring (bicyclic) bond motifs is 1. The average molecular weight is 506 g/mol. The van der Waals surface area contributed by atoms with Crippen molar-refractivity contribution in [2.75, 3.05) is 18.5 Å². The van der Waals surface area contributed by atoms with Crippen LogP contribution in [0.2, 0.25) is 0 Å². The van der Waals surface area contributed by atoms with Crippen molar-refractivity contribution in [1.29, 1.82) is 0 Å². The van der Waals surface area contributed by atoms with Gasteiger partial charge in [-0.1, -0.05) is 18.3 Å². The van der Waals surface area contributed by atoms with E-state index in [1.165, 1.54) is 24.3 Å². The molecular formula is C26H24FN5O3S. The van der Waals surface area contributed by atoms with Crippen LogP contribution in [0.25, 0.3) is 10.4 Å². The van der Waals surface area contributed by atoms with Gasteiger partial charge in [0.1, 0.15) is 24.0 Å². The molecule has 0 unspecified atom stereocenters. The highest BCUT2D eigenvalue weighted by atomic mass is 32.1. The van der Waals surface area contributed by atoms with Crippen molar-refractivity contribution >= 4 is 34.0 Å². The molecular weight excluding hydrogens is 481 g/mol. The van der Waals surface area contributed by atoms with Gasteiger partial charge in [0.25, 0.3) is 5.91 Å². The molecule has 3 heterocycles. The first kappa shape index (κ1) is 23.7. The number of amides is 1. The molecule has 8 nitrogen and oxygen atoms in total. The minimum Gasteiger partial charge on any atom is -0.491 e. The van der Waals surface area contributed by atoms with Gasteiger partial charge in [0, 0.05) is 35.5 Å². The number of rotatable bonds is 6. The number of ether oxygens (including phenoxy) is 1. The van der Waals surface area contributed by atoms with Crippen molar-refractivity contribution in [3.05, 3.63) is 76.9 Å². The summed E-state index contributed by atoms with van der Waals surface area (Å²) < 4.78 is 20.9. The van der Waals surface area contributed by atoms with Crippen LogP contribution in [0.4, 0.5) is 15.3 Å². The van der Waals surface area contributed by atoms with Crippen LogP contribution >= 0.6 is 11.3 Å². The number of nitrogens with one attached hydrogen (secondary N) is 2. The number of halogens is 1. The monoisotopic (exact) mass is 505 g/mol. The molecule has 184 valence electrons. The highest BCUT2D eigenvalue weighted by molar-refractivity contribution is 7.18. The number of aromatic nitrogens is 3. The third-order valence-corrected chi connectivity index (χ3v) is 7.03. The van der Waals surface area contributed by atoms with E-state index in [0.29, 0.717) is 31.9 Å². The van der Waals surface area contributed by atoms with E-state index in [1.807, 2.05) is 24.3 Å². The normalized spacial score (nSPS) is 13.0. The number of anilines is 2. The summed E-state index contributed by atoms with van der Waals surface area (Å²) in [6, 6.07) is 10.6. The number of hydrogen-bond acceptors (Lipinski definition) is 7. The molecule has 0 spiro atoms. The van der Waals surface area contributed by atoms with Crippen LogP contribution in [0.3, 0.4) is 0 Å². The summed E-state index contributed by atoms with van der Waals surface area (Å²) in [5.74, 6) is 0.195. The highest BCUT2D eigenvalue weighted by Gasteiger charge is 2.26. The van der Waals surface area contributed by atoms with Crippen molar-refractivity contribution in [1.82, 2.24) is 20.1 Å². The van der Waals surface area contributed by atoms with Crippen LogP contribution in [-0.4, -0.2) is 44.9 Å². The van der Waals surface area contributed by atoms with Gasteiger partial charge in [-0.2, -0.15) is 5.10 Å². The third kappa shape index (κ3) is 4.59. The zero-order valence-corrected chi connectivity index (χ0v) is 20.6. The molecule has 1 aliphatic rings. The van der Waals surface area contributed by atoms with Crippen LogP contribution in [0.1, 0.15) is 45.7 Å². The fraction of sp³-hybridized carbons (Fsp3) is 0.231. The summed E-state index contributed by atoms with van der Waals surface area (Å²) >= 11 is 1.49. The average Bonchev–Trinajstić information content (AvgIpc) is 3.51. The predicted molar refractivity (Wildman–Crippen MR) is 135 cm³/mol. The second-order valence-electron chi connectivity index (χ2n) is 8.39. The summed E-state index contributed by atoms with van der Waals surface area (Å²) in [7, 11) is 0. The molecule has 0 fully saturated rings. The Bertz CT molecular complexity index is 1430. The number of hydrogen-bond donors (Lipinski definition) is 2. The largest absolute Gasteiger partial charge is 0.491 e. The molecule has 36 heavy (non-hydrogen) atoms. The van der Waals surface area contributed by atoms with Crippen LogP contribution in [0.15, 0.2) is 48.8 Å². The van der Waals surface area contributed by atoms with Gasteiger partial charge in [-0.15, -0.1) is 0 Å². The lowest BCUT2D eigenvalue weighted by Gasteiger charge is -2.22. The summed E-state index contributed by atoms with van der Waals surface area (Å²) in [6.07, 6.45) is 3.75. The maximum Gasteiger partial charge on any atom is 0.254 e. The number of nitrogens with zero attached hydrogens (tertiary/aromatic N) is 3. The topological polar surface area (TPSA) is 100 Å². The fourth-order valence-corrected chi connectivity index (χ4v) is 5.06. The number of benzene rings is 2. The maximum absolute atomic E-state index is 15.0. The number of ketones is 1. The van der Waals surface area contributed by atoms with Gasteiger partial charge in [0.2, 0.25) is 0 Å². The lowest BCUT2D eigenvalue weighted by Crippen LogP contribution is -2.33. The first-order valence-corrected chi connectivity index (χ1v) is 12.4. The summed E-state index contributed by atoms with van der Waals surface area (Å²) in [6.45, 7) is 4.10. The van der Waals surface area contributed by atoms with Crippen molar-refractivity contribution in [2.45, 2.75) is 26.8 Å². The second kappa shape index (κ2) is 9.90. The first-order valence-electron chi connectivity index (χ1n) is 11.5. The molecule has 0 atom stereocenters. The first-order chi connectivity index (χ1) is 17.4. The van der Waals surface area contributed by atoms with Gasteiger partial charge in [-0.05, 0) is 49.2 Å². The number of carbonyl (C=O) groups is 2. The Labute approximate surface area is 211 Å². The minimum atomic E-state index is -0.616. The van der Waals surface area contributed by atoms with Crippen LogP contribution < -0.4 is 10.1 Å². The van der Waals surface area contributed by atoms with E-state index in [1.54, 1.807) is 30.3 Å². The Morgan fingerprint density at radius 1 is 1.22 bits per heavy atom. The Morgan fingerprint density at radius 3 is 2.81 bits per heavy atom. The van der Waals surface area contributed by atoms with Gasteiger partial charge in [-0.25, -0.2) is 9.37 Å². The number of H-pyrrole nitrogens is 1. The molecule has 5 rings (SSSR count). The molecule has 0 aliphatic carbocycles. The molecule has 1 aliphatic heterocycles. The number of carbonyl (C=O) groups excluding carboxylic acids is 2. The van der Waals surface area contributed by atoms with E-state index >= 15 is 0 Å². The van der Waals surface area contributed by atoms with Gasteiger partial charge in [0.05, 0.1) is 23.2 Å². The Kier molecular flexibility index (Phi) is 6.51. The van der Waals surface area contributed by atoms with Gasteiger partial charge < -0.3 is 15.0 Å². The fourth-order valence-electron chi connectivity index (χ4n) is 4.24. The van der Waals surface area contributed by atoms with Gasteiger partial charge >= 0.3 is 0 Å². The van der Waals surface area contributed by atoms with Gasteiger partial charge in [-0.3, -0.25) is 14.7 Å². The molecule has 4 aromatic rings. The molecule has 2 N–H and O–H groups in total. The molecule has 0 saturated carbocycles. The van der Waals surface area contributed by atoms with E-state index in [-0.39, 0.29) is 28.4 Å². The van der Waals surface area contributed by atoms with Crippen LogP contribution in [0, 0.1) is 5.82 Å². The van der Waals surface area contributed by atoms with Crippen LogP contribution in [0.5, 0.6) is 5.75 Å². The smallest absolute Gasteiger partial charge is 0.254 e. The molecule has 2 aromatic carbocycles. The SMILES string of the molecule is CCc1c(C(=O)N2CCOc3ccc(-c4cnc(Nc5ccn[nH]5)s4)cc3C2)ccc(C(C)=O)c1F. The van der Waals surface area contributed by atoms with E-state index < -0.39 is 5.82 Å². The Morgan fingerprint density at radius 2 is 2.06 bits per heavy atom. The van der Waals surface area contributed by atoms with E-state index in [2.05, 4.69) is 20.5 Å². The molecule has 0 bridgehead atoms. The predicted octanol–water partition coefficient (Wildman–Crippen LogP) is 5.22. The van der Waals surface area contributed by atoms with Gasteiger partial charge in [0.15, 0.2) is 10.9 Å².